The van der Waals surface area contributed by atoms with Gasteiger partial charge in [-0.05, 0) is 33.3 Å². The van der Waals surface area contributed by atoms with Crippen LogP contribution in [0.5, 0.6) is 0 Å². The van der Waals surface area contributed by atoms with Crippen LogP contribution >= 0.6 is 23.1 Å². The van der Waals surface area contributed by atoms with Crippen LogP contribution in [-0.4, -0.2) is 102 Å². The molecule has 1 aromatic rings. The number of hydrogen-bond donors (Lipinski definition) is 2. The second-order valence-electron chi connectivity index (χ2n) is 9.49. The Kier molecular flexibility index (Phi) is 11.7. The molecule has 16 nitrogen and oxygen atoms in total. The standard InChI is InChI=1S/C25H33N5O11S2/c1-11(2)38-24(34)28-23-26-15(10-43-23)16(29-37-7)19(31)27-17-20(32)30-18(14(8-36-6)9-42-21(17)30)22(33)40-13(5)41-25(35)39-12(3)4/h10-13,17,21H,8-9H2,1-7H3,(H,27,31)(H,26,28,34)/b29-16-/t13-,17+,21+/m0/s1. The number of nitrogens with zero attached hydrogens (tertiary/aromatic N) is 3. The van der Waals surface area contributed by atoms with Gasteiger partial charge in [-0.2, -0.15) is 0 Å². The number of thiazole rings is 1. The molecule has 2 aliphatic rings. The van der Waals surface area contributed by atoms with Crippen LogP contribution in [0.2, 0.25) is 0 Å². The lowest BCUT2D eigenvalue weighted by Crippen LogP contribution is -2.71. The van der Waals surface area contributed by atoms with E-state index in [1.807, 2.05) is 0 Å². The maximum absolute atomic E-state index is 13.3. The van der Waals surface area contributed by atoms with E-state index in [0.717, 1.165) is 11.3 Å². The Labute approximate surface area is 255 Å². The first kappa shape index (κ1) is 33.6. The molecule has 2 aliphatic heterocycles. The molecule has 0 bridgehead atoms. The zero-order valence-electron chi connectivity index (χ0n) is 24.5. The normalized spacial score (nSPS) is 18.9. The first-order valence-electron chi connectivity index (χ1n) is 13.0. The van der Waals surface area contributed by atoms with E-state index in [0.29, 0.717) is 5.57 Å². The molecule has 3 amide bonds. The highest BCUT2D eigenvalue weighted by Crippen LogP contribution is 2.41. The lowest BCUT2D eigenvalue weighted by atomic mass is 10.0. The van der Waals surface area contributed by atoms with E-state index in [2.05, 4.69) is 20.8 Å². The Morgan fingerprint density at radius 2 is 1.77 bits per heavy atom. The van der Waals surface area contributed by atoms with E-state index in [1.54, 1.807) is 27.7 Å². The summed E-state index contributed by atoms with van der Waals surface area (Å²) in [7, 11) is 2.67. The number of ether oxygens (including phenoxy) is 5. The first-order valence-corrected chi connectivity index (χ1v) is 14.9. The number of β-lactam (4-membered cyclic amide) rings is 1. The second-order valence-corrected chi connectivity index (χ2v) is 11.5. The first-order chi connectivity index (χ1) is 20.4. The number of amides is 3. The Morgan fingerprint density at radius 3 is 2.40 bits per heavy atom. The Bertz CT molecular complexity index is 1300. The minimum Gasteiger partial charge on any atom is -0.447 e. The summed E-state index contributed by atoms with van der Waals surface area (Å²) in [5.41, 5.74) is 0.248. The minimum absolute atomic E-state index is 0.0329. The number of nitrogens with one attached hydrogen (secondary N) is 2. The lowest BCUT2D eigenvalue weighted by molar-refractivity contribution is -0.169. The second kappa shape index (κ2) is 15.0. The van der Waals surface area contributed by atoms with Crippen LogP contribution in [0.15, 0.2) is 21.8 Å². The lowest BCUT2D eigenvalue weighted by Gasteiger charge is -2.49. The van der Waals surface area contributed by atoms with Crippen LogP contribution in [-0.2, 0) is 42.9 Å². The predicted molar refractivity (Wildman–Crippen MR) is 153 cm³/mol. The van der Waals surface area contributed by atoms with Gasteiger partial charge in [0.1, 0.15) is 29.9 Å². The van der Waals surface area contributed by atoms with Crippen LogP contribution in [0, 0.1) is 0 Å². The van der Waals surface area contributed by atoms with E-state index in [4.69, 9.17) is 28.5 Å². The van der Waals surface area contributed by atoms with E-state index >= 15 is 0 Å². The van der Waals surface area contributed by atoms with Gasteiger partial charge in [0.25, 0.3) is 11.8 Å². The van der Waals surface area contributed by atoms with Crippen LogP contribution < -0.4 is 10.6 Å². The molecule has 3 heterocycles. The molecule has 3 atom stereocenters. The number of carbonyl (C=O) groups is 5. The van der Waals surface area contributed by atoms with Crippen molar-refractivity contribution >= 4 is 64.0 Å². The number of methoxy groups -OCH3 is 1. The third-order valence-electron chi connectivity index (χ3n) is 5.41. The third kappa shape index (κ3) is 8.57. The number of oxime groups is 1. The molecule has 236 valence electrons. The van der Waals surface area contributed by atoms with Crippen LogP contribution in [0.1, 0.15) is 40.3 Å². The number of carbonyl (C=O) groups excluding carboxylic acids is 5. The summed E-state index contributed by atoms with van der Waals surface area (Å²) in [6.07, 6.45) is -3.83. The highest BCUT2D eigenvalue weighted by molar-refractivity contribution is 8.00. The Hall–Kier alpha value is -3.90. The van der Waals surface area contributed by atoms with Gasteiger partial charge in [-0.25, -0.2) is 19.4 Å². The molecule has 18 heteroatoms. The molecule has 0 unspecified atom stereocenters. The molecule has 0 aliphatic carbocycles. The van der Waals surface area contributed by atoms with Crippen molar-refractivity contribution in [2.24, 2.45) is 5.16 Å². The molecular weight excluding hydrogens is 610 g/mol. The zero-order valence-corrected chi connectivity index (χ0v) is 26.2. The third-order valence-corrected chi connectivity index (χ3v) is 7.51. The minimum atomic E-state index is -1.31. The SMILES string of the molecule is COCC1=C(C(=O)O[C@H](C)OC(=O)OC(C)C)N2C(=O)[C@@H](NC(=O)/C(=N\OC)c3csc(NC(=O)OC(C)C)n3)[C@H]2SC1. The van der Waals surface area contributed by atoms with Crippen molar-refractivity contribution in [1.82, 2.24) is 15.2 Å². The highest BCUT2D eigenvalue weighted by atomic mass is 32.2. The zero-order chi connectivity index (χ0) is 31.8. The smallest absolute Gasteiger partial charge is 0.447 e. The van der Waals surface area contributed by atoms with E-state index in [9.17, 15) is 24.0 Å². The molecule has 0 saturated carbocycles. The van der Waals surface area contributed by atoms with Gasteiger partial charge in [-0.3, -0.25) is 19.8 Å². The predicted octanol–water partition coefficient (Wildman–Crippen LogP) is 2.20. The summed E-state index contributed by atoms with van der Waals surface area (Å²) in [5, 5.41) is 9.79. The molecule has 1 saturated heterocycles. The molecular formula is C25H33N5O11S2. The van der Waals surface area contributed by atoms with E-state index < -0.39 is 53.8 Å². The fourth-order valence-corrected chi connectivity index (χ4v) is 5.83. The molecule has 0 radical (unpaired) electrons. The van der Waals surface area contributed by atoms with Crippen LogP contribution in [0.4, 0.5) is 14.7 Å². The molecule has 1 fully saturated rings. The maximum Gasteiger partial charge on any atom is 0.511 e. The molecule has 2 N–H and O–H groups in total. The van der Waals surface area contributed by atoms with Gasteiger partial charge in [-0.1, -0.05) is 5.16 Å². The summed E-state index contributed by atoms with van der Waals surface area (Å²) in [4.78, 5) is 73.5. The van der Waals surface area contributed by atoms with Gasteiger partial charge in [-0.15, -0.1) is 23.1 Å². The summed E-state index contributed by atoms with van der Waals surface area (Å²) < 4.78 is 25.3. The van der Waals surface area contributed by atoms with Crippen molar-refractivity contribution in [2.75, 3.05) is 31.9 Å². The molecule has 0 aromatic carbocycles. The van der Waals surface area contributed by atoms with Gasteiger partial charge in [0.05, 0.1) is 18.8 Å². The highest BCUT2D eigenvalue weighted by Gasteiger charge is 2.55. The van der Waals surface area contributed by atoms with E-state index in [1.165, 1.54) is 43.2 Å². The maximum atomic E-state index is 13.3. The number of esters is 1. The fourth-order valence-electron chi connectivity index (χ4n) is 3.82. The number of hydrogen-bond acceptors (Lipinski definition) is 15. The Balaban J connectivity index is 1.72. The van der Waals surface area contributed by atoms with E-state index in [-0.39, 0.29) is 40.7 Å². The number of thioether (sulfide) groups is 1. The molecule has 1 aromatic heterocycles. The number of aromatic nitrogens is 1. The monoisotopic (exact) mass is 643 g/mol. The number of fused-ring (bicyclic) bond motifs is 1. The topological polar surface area (TPSA) is 193 Å². The van der Waals surface area contributed by atoms with Gasteiger partial charge in [0.15, 0.2) is 10.8 Å². The van der Waals surface area contributed by atoms with Crippen molar-refractivity contribution < 1.29 is 52.5 Å². The Morgan fingerprint density at radius 1 is 1.07 bits per heavy atom. The van der Waals surface area contributed by atoms with Gasteiger partial charge < -0.3 is 33.8 Å². The quantitative estimate of drug-likeness (QED) is 0.0842. The van der Waals surface area contributed by atoms with Crippen molar-refractivity contribution in [3.8, 4) is 0 Å². The summed E-state index contributed by atoms with van der Waals surface area (Å²) in [6, 6.07) is -1.03. The van der Waals surface area contributed by atoms with Gasteiger partial charge in [0.2, 0.25) is 6.29 Å². The average Bonchev–Trinajstić information content (AvgIpc) is 3.36. The molecule has 3 rings (SSSR count). The fraction of sp³-hybridized carbons (Fsp3) is 0.560. The van der Waals surface area contributed by atoms with Crippen molar-refractivity contribution in [3.05, 3.63) is 22.3 Å². The van der Waals surface area contributed by atoms with Crippen molar-refractivity contribution in [1.29, 1.82) is 0 Å². The largest absolute Gasteiger partial charge is 0.511 e. The number of rotatable bonds is 12. The average molecular weight is 644 g/mol. The summed E-state index contributed by atoms with van der Waals surface area (Å²) in [5.74, 6) is -1.99. The molecule has 43 heavy (non-hydrogen) atoms. The molecule has 0 spiro atoms. The van der Waals surface area contributed by atoms with Crippen molar-refractivity contribution in [3.63, 3.8) is 0 Å². The van der Waals surface area contributed by atoms with Crippen LogP contribution in [0.3, 0.4) is 0 Å². The number of anilines is 1. The summed E-state index contributed by atoms with van der Waals surface area (Å²) in [6.45, 7) is 8.00. The summed E-state index contributed by atoms with van der Waals surface area (Å²) >= 11 is 2.33. The van der Waals surface area contributed by atoms with Crippen LogP contribution in [0.25, 0.3) is 0 Å². The van der Waals surface area contributed by atoms with Gasteiger partial charge in [0, 0.05) is 25.2 Å². The van der Waals surface area contributed by atoms with Gasteiger partial charge >= 0.3 is 18.2 Å². The van der Waals surface area contributed by atoms with Crippen molar-refractivity contribution in [2.45, 2.75) is 64.5 Å².